The van der Waals surface area contributed by atoms with E-state index in [1.54, 1.807) is 12.1 Å². The second-order valence-electron chi connectivity index (χ2n) is 16.2. The molecule has 0 spiro atoms. The van der Waals surface area contributed by atoms with E-state index in [1.807, 2.05) is 57.3 Å². The van der Waals surface area contributed by atoms with E-state index >= 15 is 0 Å². The SMILES string of the molecule is Cc1ccc2c(n1)oc1c(-c3nc4ccccc4n3-c3c(-c4ccccc4)ccc4ccccc34)[c-]ccc12.[2H]C([2H])([2H])c1c[c-]c(-c2cc(C([2H])(C)C)[c]([Ge]([CH3])([CH3])[CH3])cn2)cc1.[Ir]. The van der Waals surface area contributed by atoms with Crippen molar-refractivity contribution in [2.75, 3.05) is 0 Å². The van der Waals surface area contributed by atoms with Crippen molar-refractivity contribution in [2.45, 2.75) is 50.8 Å². The van der Waals surface area contributed by atoms with E-state index in [1.165, 1.54) is 15.8 Å². The number of aromatic nitrogens is 4. The third-order valence-electron chi connectivity index (χ3n) is 10.8. The predicted octanol–water partition coefficient (Wildman–Crippen LogP) is 13.4. The molecule has 4 heterocycles. The Labute approximate surface area is 373 Å². The first kappa shape index (κ1) is 36.2. The molecule has 6 aromatic carbocycles. The van der Waals surface area contributed by atoms with Crippen LogP contribution in [0.4, 0.5) is 0 Å². The first-order chi connectivity index (χ1) is 30.1. The number of imidazole rings is 1. The molecule has 0 N–H and O–H groups in total. The first-order valence-corrected chi connectivity index (χ1v) is 27.2. The Balaban J connectivity index is 0.000000194. The molecule has 7 heteroatoms. The molecule has 5 nitrogen and oxygen atoms in total. The summed E-state index contributed by atoms with van der Waals surface area (Å²) < 4.78 is 40.7. The van der Waals surface area contributed by atoms with Crippen LogP contribution in [0.2, 0.25) is 17.3 Å². The standard InChI is InChI=1S/C35H22N3O.C18H24GeN.Ir/c1-22-18-20-28-27-14-9-15-29(33(27)39-35(28)36-22)34-37-30-16-7-8-17-31(30)38(34)32-25-13-6-5-12-24(25)19-21-26(32)23-10-3-2-4-11-23;1-13(2)16-11-18(15-9-7-14(3)8-10-15)20-12-17(16)19(4,5)6;/h2-14,16-21H,1H3;7-9,11-13H,1-6H3;/q2*-1;/i;3D3,13D;. The summed E-state index contributed by atoms with van der Waals surface area (Å²) in [5.74, 6) is 6.96. The Morgan fingerprint density at radius 2 is 1.57 bits per heavy atom. The fraction of sp³-hybridized carbons (Fsp3) is 0.151. The minimum absolute atomic E-state index is 0. The molecular formula is C53H46GeIrN4O-2. The summed E-state index contributed by atoms with van der Waals surface area (Å²) in [6, 6.07) is 53.2. The van der Waals surface area contributed by atoms with Crippen LogP contribution in [-0.2, 0) is 20.1 Å². The Morgan fingerprint density at radius 3 is 2.33 bits per heavy atom. The minimum Gasteiger partial charge on any atom is 0 e. The maximum absolute atomic E-state index is 8.49. The summed E-state index contributed by atoms with van der Waals surface area (Å²) in [6.07, 6.45) is 1.91. The molecule has 299 valence electrons. The average molecular weight is 1020 g/mol. The molecule has 0 unspecified atom stereocenters. The van der Waals surface area contributed by atoms with Crippen LogP contribution in [0, 0.1) is 25.9 Å². The van der Waals surface area contributed by atoms with Gasteiger partial charge in [0.25, 0.3) is 0 Å². The predicted molar refractivity (Wildman–Crippen MR) is 248 cm³/mol. The van der Waals surface area contributed by atoms with Crippen molar-refractivity contribution in [3.05, 3.63) is 175 Å². The van der Waals surface area contributed by atoms with Gasteiger partial charge in [0.2, 0.25) is 5.71 Å². The van der Waals surface area contributed by atoms with Crippen molar-refractivity contribution < 1.29 is 30.0 Å². The Morgan fingerprint density at radius 1 is 0.783 bits per heavy atom. The molecule has 0 aliphatic rings. The van der Waals surface area contributed by atoms with Crippen molar-refractivity contribution in [1.82, 2.24) is 19.5 Å². The molecule has 0 amide bonds. The van der Waals surface area contributed by atoms with E-state index in [0.717, 1.165) is 83.5 Å². The molecule has 0 saturated carbocycles. The van der Waals surface area contributed by atoms with Gasteiger partial charge in [0.1, 0.15) is 0 Å². The largest absolute Gasteiger partial charge is 0 e. The molecule has 0 atom stereocenters. The molecular weight excluding hydrogens is 973 g/mol. The minimum atomic E-state index is -2.14. The van der Waals surface area contributed by atoms with E-state index in [2.05, 4.69) is 135 Å². The molecule has 10 aromatic rings. The Bertz CT molecular complexity index is 3310. The van der Waals surface area contributed by atoms with Gasteiger partial charge >= 0.3 is 131 Å². The van der Waals surface area contributed by atoms with Crippen molar-refractivity contribution >= 4 is 61.5 Å². The van der Waals surface area contributed by atoms with E-state index in [4.69, 9.17) is 14.9 Å². The van der Waals surface area contributed by atoms with Gasteiger partial charge in [-0.05, 0) is 42.1 Å². The van der Waals surface area contributed by atoms with Gasteiger partial charge in [-0.2, -0.15) is 0 Å². The second-order valence-corrected chi connectivity index (χ2v) is 26.7. The number of hydrogen-bond acceptors (Lipinski definition) is 4. The number of benzene rings is 6. The van der Waals surface area contributed by atoms with Gasteiger partial charge in [0, 0.05) is 42.1 Å². The summed E-state index contributed by atoms with van der Waals surface area (Å²) in [4.78, 5) is 14.4. The fourth-order valence-electron chi connectivity index (χ4n) is 7.85. The summed E-state index contributed by atoms with van der Waals surface area (Å²) in [5, 5.41) is 4.31. The summed E-state index contributed by atoms with van der Waals surface area (Å²) >= 11 is -2.14. The van der Waals surface area contributed by atoms with Gasteiger partial charge in [0.05, 0.1) is 28.1 Å². The van der Waals surface area contributed by atoms with Gasteiger partial charge < -0.3 is 8.98 Å². The zero-order valence-electron chi connectivity index (χ0n) is 38.4. The van der Waals surface area contributed by atoms with Gasteiger partial charge in [-0.25, -0.2) is 4.98 Å². The van der Waals surface area contributed by atoms with Crippen LogP contribution in [-0.4, -0.2) is 32.8 Å². The zero-order chi connectivity index (χ0) is 44.3. The van der Waals surface area contributed by atoms with E-state index in [9.17, 15) is 0 Å². The Kier molecular flexibility index (Phi) is 10.1. The van der Waals surface area contributed by atoms with Crippen LogP contribution in [0.5, 0.6) is 0 Å². The third kappa shape index (κ3) is 7.76. The normalized spacial score (nSPS) is 13.0. The molecule has 0 fully saturated rings. The monoisotopic (exact) mass is 1030 g/mol. The topological polar surface area (TPSA) is 56.7 Å². The van der Waals surface area contributed by atoms with Crippen LogP contribution in [0.3, 0.4) is 0 Å². The molecule has 4 aromatic heterocycles. The van der Waals surface area contributed by atoms with Crippen LogP contribution < -0.4 is 4.40 Å². The molecule has 10 rings (SSSR count). The first-order valence-electron chi connectivity index (χ1n) is 21.9. The molecule has 0 aliphatic carbocycles. The number of furan rings is 1. The summed E-state index contributed by atoms with van der Waals surface area (Å²) in [5.41, 5.74) is 11.2. The van der Waals surface area contributed by atoms with Gasteiger partial charge in [0.15, 0.2) is 0 Å². The zero-order valence-corrected chi connectivity index (χ0v) is 38.9. The number of pyridine rings is 2. The summed E-state index contributed by atoms with van der Waals surface area (Å²) in [6.45, 7) is 3.64. The van der Waals surface area contributed by atoms with Crippen LogP contribution >= 0.6 is 0 Å². The maximum atomic E-state index is 8.49. The Hall–Kier alpha value is -5.66. The van der Waals surface area contributed by atoms with E-state index in [-0.39, 0.29) is 25.7 Å². The quantitative estimate of drug-likeness (QED) is 0.123. The van der Waals surface area contributed by atoms with Crippen molar-refractivity contribution in [3.8, 4) is 39.5 Å². The number of nitrogens with zero attached hydrogens (tertiary/aromatic N) is 4. The second kappa shape index (κ2) is 16.8. The van der Waals surface area contributed by atoms with Crippen molar-refractivity contribution in [2.24, 2.45) is 0 Å². The maximum Gasteiger partial charge on any atom is 0 e. The summed E-state index contributed by atoms with van der Waals surface area (Å²) in [7, 11) is 0. The van der Waals surface area contributed by atoms with Crippen LogP contribution in [0.15, 0.2) is 150 Å². The molecule has 60 heavy (non-hydrogen) atoms. The number of para-hydroxylation sites is 2. The third-order valence-corrected chi connectivity index (χ3v) is 15.0. The number of rotatable bonds is 6. The molecule has 0 saturated heterocycles. The van der Waals surface area contributed by atoms with Gasteiger partial charge in [-0.15, -0.1) is 18.2 Å². The molecule has 0 aliphatic heterocycles. The van der Waals surface area contributed by atoms with Gasteiger partial charge in [-0.1, -0.05) is 89.8 Å². The number of fused-ring (bicyclic) bond motifs is 5. The van der Waals surface area contributed by atoms with E-state index in [0.29, 0.717) is 5.71 Å². The number of aryl methyl sites for hydroxylation is 2. The van der Waals surface area contributed by atoms with Crippen LogP contribution in [0.25, 0.3) is 83.3 Å². The van der Waals surface area contributed by atoms with Crippen molar-refractivity contribution in [3.63, 3.8) is 0 Å². The van der Waals surface area contributed by atoms with E-state index < -0.39 is 26.0 Å². The van der Waals surface area contributed by atoms with Crippen molar-refractivity contribution in [1.29, 1.82) is 0 Å². The fourth-order valence-corrected chi connectivity index (χ4v) is 11.2. The van der Waals surface area contributed by atoms with Gasteiger partial charge in [-0.3, -0.25) is 4.98 Å². The molecule has 1 radical (unpaired) electrons. The van der Waals surface area contributed by atoms with Crippen LogP contribution in [0.1, 0.15) is 42.0 Å². The smallest absolute Gasteiger partial charge is 0 e. The average Bonchev–Trinajstić information content (AvgIpc) is 3.83. The molecule has 0 bridgehead atoms. The number of hydrogen-bond donors (Lipinski definition) is 0.